The summed E-state index contributed by atoms with van der Waals surface area (Å²) in [5.74, 6) is 0.295. The van der Waals surface area contributed by atoms with Crippen LogP contribution >= 0.6 is 12.4 Å². The zero-order chi connectivity index (χ0) is 15.1. The lowest BCUT2D eigenvalue weighted by Crippen LogP contribution is -2.36. The van der Waals surface area contributed by atoms with E-state index in [0.29, 0.717) is 18.9 Å². The summed E-state index contributed by atoms with van der Waals surface area (Å²) in [6.07, 6.45) is 0.0712. The first kappa shape index (κ1) is 19.9. The number of aryl methyl sites for hydroxylation is 1. The van der Waals surface area contributed by atoms with Crippen molar-refractivity contribution < 1.29 is 9.53 Å². The van der Waals surface area contributed by atoms with Crippen molar-refractivity contribution in [1.29, 1.82) is 0 Å². The minimum Gasteiger partial charge on any atom is -0.380 e. The van der Waals surface area contributed by atoms with Crippen molar-refractivity contribution in [3.8, 4) is 0 Å². The van der Waals surface area contributed by atoms with Gasteiger partial charge < -0.3 is 15.8 Å². The van der Waals surface area contributed by atoms with Crippen molar-refractivity contribution in [1.82, 2.24) is 5.32 Å². The molecule has 5 heteroatoms. The molecule has 2 unspecified atom stereocenters. The predicted octanol–water partition coefficient (Wildman–Crippen LogP) is 2.59. The highest BCUT2D eigenvalue weighted by Gasteiger charge is 2.21. The molecule has 0 aliphatic carbocycles. The average molecular weight is 315 g/mol. The van der Waals surface area contributed by atoms with E-state index in [1.807, 2.05) is 12.1 Å². The number of ether oxygens (including phenoxy) is 1. The van der Waals surface area contributed by atoms with Gasteiger partial charge in [0.05, 0.1) is 18.6 Å². The fourth-order valence-electron chi connectivity index (χ4n) is 2.24. The lowest BCUT2D eigenvalue weighted by molar-refractivity contribution is -0.124. The van der Waals surface area contributed by atoms with Gasteiger partial charge in [0.1, 0.15) is 0 Å². The van der Waals surface area contributed by atoms with Crippen molar-refractivity contribution in [2.75, 3.05) is 13.7 Å². The molecule has 0 saturated heterocycles. The van der Waals surface area contributed by atoms with Gasteiger partial charge in [0.2, 0.25) is 5.91 Å². The summed E-state index contributed by atoms with van der Waals surface area (Å²) in [5, 5.41) is 3.10. The number of methoxy groups -OCH3 is 1. The van der Waals surface area contributed by atoms with Crippen molar-refractivity contribution in [2.24, 2.45) is 11.7 Å². The molecule has 21 heavy (non-hydrogen) atoms. The van der Waals surface area contributed by atoms with Gasteiger partial charge in [0.25, 0.3) is 0 Å². The molecule has 0 bridgehead atoms. The summed E-state index contributed by atoms with van der Waals surface area (Å²) in [6, 6.07) is 8.15. The Kier molecular flexibility index (Phi) is 9.26. The van der Waals surface area contributed by atoms with Crippen LogP contribution < -0.4 is 11.1 Å². The first-order chi connectivity index (χ1) is 9.49. The topological polar surface area (TPSA) is 64.3 Å². The van der Waals surface area contributed by atoms with Crippen molar-refractivity contribution in [3.63, 3.8) is 0 Å². The smallest absolute Gasteiger partial charge is 0.223 e. The molecule has 120 valence electrons. The Bertz CT molecular complexity index is 434. The highest BCUT2D eigenvalue weighted by Crippen LogP contribution is 2.24. The van der Waals surface area contributed by atoms with Gasteiger partial charge in [-0.15, -0.1) is 12.4 Å². The van der Waals surface area contributed by atoms with Crippen LogP contribution in [-0.4, -0.2) is 25.7 Å². The van der Waals surface area contributed by atoms with E-state index in [-0.39, 0.29) is 30.5 Å². The van der Waals surface area contributed by atoms with E-state index >= 15 is 0 Å². The van der Waals surface area contributed by atoms with E-state index in [2.05, 4.69) is 38.2 Å². The van der Waals surface area contributed by atoms with Crippen LogP contribution in [0.15, 0.2) is 24.3 Å². The molecule has 3 N–H and O–H groups in total. The lowest BCUT2D eigenvalue weighted by Gasteiger charge is -2.25. The molecule has 1 aromatic carbocycles. The molecule has 2 atom stereocenters. The normalized spacial score (nSPS) is 13.4. The number of carbonyl (C=O) groups excluding carboxylic acids is 1. The second-order valence-electron chi connectivity index (χ2n) is 5.44. The molecule has 1 amide bonds. The SMILES string of the molecule is COC(CN)CC(=O)NC(c1ccccc1C)C(C)C.Cl. The maximum Gasteiger partial charge on any atom is 0.223 e. The second kappa shape index (κ2) is 9.77. The van der Waals surface area contributed by atoms with Gasteiger partial charge in [-0.2, -0.15) is 0 Å². The fraction of sp³-hybridized carbons (Fsp3) is 0.562. The quantitative estimate of drug-likeness (QED) is 0.813. The standard InChI is InChI=1S/C16H26N2O2.ClH/c1-11(2)16(14-8-6-5-7-12(14)3)18-15(19)9-13(10-17)20-4;/h5-8,11,13,16H,9-10,17H2,1-4H3,(H,18,19);1H. The number of carbonyl (C=O) groups is 1. The van der Waals surface area contributed by atoms with Crippen molar-refractivity contribution >= 4 is 18.3 Å². The van der Waals surface area contributed by atoms with Gasteiger partial charge in [0, 0.05) is 13.7 Å². The molecule has 4 nitrogen and oxygen atoms in total. The summed E-state index contributed by atoms with van der Waals surface area (Å²) < 4.78 is 5.16. The van der Waals surface area contributed by atoms with Crippen LogP contribution in [0, 0.1) is 12.8 Å². The third-order valence-electron chi connectivity index (χ3n) is 3.52. The van der Waals surface area contributed by atoms with Crippen LogP contribution in [0.25, 0.3) is 0 Å². The molecule has 0 aromatic heterocycles. The number of benzene rings is 1. The van der Waals surface area contributed by atoms with Crippen molar-refractivity contribution in [2.45, 2.75) is 39.3 Å². The highest BCUT2D eigenvalue weighted by molar-refractivity contribution is 5.85. The van der Waals surface area contributed by atoms with Crippen LogP contribution in [0.5, 0.6) is 0 Å². The number of halogens is 1. The lowest BCUT2D eigenvalue weighted by atomic mass is 9.92. The first-order valence-electron chi connectivity index (χ1n) is 7.07. The number of nitrogens with one attached hydrogen (secondary N) is 1. The van der Waals surface area contributed by atoms with Gasteiger partial charge in [-0.1, -0.05) is 38.1 Å². The highest BCUT2D eigenvalue weighted by atomic mass is 35.5. The number of hydrogen-bond donors (Lipinski definition) is 2. The zero-order valence-electron chi connectivity index (χ0n) is 13.3. The Balaban J connectivity index is 0.00000400. The number of rotatable bonds is 7. The first-order valence-corrected chi connectivity index (χ1v) is 7.07. The van der Waals surface area contributed by atoms with Crippen molar-refractivity contribution in [3.05, 3.63) is 35.4 Å². The molecular weight excluding hydrogens is 288 g/mol. The van der Waals surface area contributed by atoms with E-state index < -0.39 is 0 Å². The maximum atomic E-state index is 12.1. The third kappa shape index (κ3) is 6.04. The number of hydrogen-bond acceptors (Lipinski definition) is 3. The fourth-order valence-corrected chi connectivity index (χ4v) is 2.24. The van der Waals surface area contributed by atoms with Crippen LogP contribution in [-0.2, 0) is 9.53 Å². The average Bonchev–Trinajstić information content (AvgIpc) is 2.43. The molecular formula is C16H27ClN2O2. The molecule has 1 rings (SSSR count). The van der Waals surface area contributed by atoms with Crippen LogP contribution in [0.1, 0.15) is 37.4 Å². The Morgan fingerprint density at radius 1 is 1.33 bits per heavy atom. The minimum absolute atomic E-state index is 0. The summed E-state index contributed by atoms with van der Waals surface area (Å²) in [4.78, 5) is 12.1. The molecule has 1 aromatic rings. The Morgan fingerprint density at radius 3 is 2.43 bits per heavy atom. The molecule has 0 saturated carbocycles. The molecule has 0 aliphatic rings. The molecule has 0 radical (unpaired) electrons. The number of nitrogens with two attached hydrogens (primary N) is 1. The van der Waals surface area contributed by atoms with Crippen LogP contribution in [0.2, 0.25) is 0 Å². The minimum atomic E-state index is -0.223. The van der Waals surface area contributed by atoms with E-state index in [4.69, 9.17) is 10.5 Å². The monoisotopic (exact) mass is 314 g/mol. The molecule has 0 heterocycles. The summed E-state index contributed by atoms with van der Waals surface area (Å²) in [7, 11) is 1.58. The van der Waals surface area contributed by atoms with Crippen LogP contribution in [0.4, 0.5) is 0 Å². The zero-order valence-corrected chi connectivity index (χ0v) is 14.1. The second-order valence-corrected chi connectivity index (χ2v) is 5.44. The predicted molar refractivity (Wildman–Crippen MR) is 88.6 cm³/mol. The summed E-state index contributed by atoms with van der Waals surface area (Å²) in [6.45, 7) is 6.62. The van der Waals surface area contributed by atoms with E-state index in [1.165, 1.54) is 5.56 Å². The van der Waals surface area contributed by atoms with E-state index in [1.54, 1.807) is 7.11 Å². The Morgan fingerprint density at radius 2 is 1.95 bits per heavy atom. The third-order valence-corrected chi connectivity index (χ3v) is 3.52. The summed E-state index contributed by atoms with van der Waals surface area (Å²) >= 11 is 0. The van der Waals surface area contributed by atoms with Gasteiger partial charge in [0.15, 0.2) is 0 Å². The Labute approximate surface area is 133 Å². The van der Waals surface area contributed by atoms with E-state index in [0.717, 1.165) is 5.56 Å². The van der Waals surface area contributed by atoms with Gasteiger partial charge >= 0.3 is 0 Å². The Hall–Kier alpha value is -1.10. The van der Waals surface area contributed by atoms with Crippen LogP contribution in [0.3, 0.4) is 0 Å². The van der Waals surface area contributed by atoms with E-state index in [9.17, 15) is 4.79 Å². The summed E-state index contributed by atoms with van der Waals surface area (Å²) in [5.41, 5.74) is 7.91. The molecule has 0 fully saturated rings. The van der Waals surface area contributed by atoms with Gasteiger partial charge in [-0.3, -0.25) is 4.79 Å². The van der Waals surface area contributed by atoms with Gasteiger partial charge in [-0.05, 0) is 24.0 Å². The maximum absolute atomic E-state index is 12.1. The molecule has 0 aliphatic heterocycles. The molecule has 0 spiro atoms. The largest absolute Gasteiger partial charge is 0.380 e. The number of amides is 1. The van der Waals surface area contributed by atoms with Gasteiger partial charge in [-0.25, -0.2) is 0 Å².